The molecule has 0 fully saturated rings. The maximum atomic E-state index is 12.6. The Bertz CT molecular complexity index is 846. The highest BCUT2D eigenvalue weighted by Crippen LogP contribution is 2.34. The minimum absolute atomic E-state index is 0.0759. The van der Waals surface area contributed by atoms with Crippen molar-refractivity contribution in [1.29, 1.82) is 0 Å². The van der Waals surface area contributed by atoms with Gasteiger partial charge in [0.25, 0.3) is 11.6 Å². The van der Waals surface area contributed by atoms with Crippen molar-refractivity contribution in [3.63, 3.8) is 0 Å². The van der Waals surface area contributed by atoms with E-state index in [-0.39, 0.29) is 16.3 Å². The number of nitrogens with zero attached hydrogens (tertiary/aromatic N) is 1. The van der Waals surface area contributed by atoms with Gasteiger partial charge in [-0.15, -0.1) is 0 Å². The number of carbonyl (C=O) groups is 1. The largest absolute Gasteiger partial charge is 0.416 e. The summed E-state index contributed by atoms with van der Waals surface area (Å²) < 4.78 is 38.6. The molecule has 0 spiro atoms. The first kappa shape index (κ1) is 19.0. The number of rotatable bonds is 4. The lowest BCUT2D eigenvalue weighted by molar-refractivity contribution is -0.384. The summed E-state index contributed by atoms with van der Waals surface area (Å²) in [4.78, 5) is 22.0. The highest BCUT2D eigenvalue weighted by molar-refractivity contribution is 9.10. The van der Waals surface area contributed by atoms with Crippen molar-refractivity contribution < 1.29 is 22.9 Å². The Morgan fingerprint density at radius 3 is 2.44 bits per heavy atom. The number of carbonyl (C=O) groups excluding carboxylic acids is 1. The van der Waals surface area contributed by atoms with Gasteiger partial charge in [-0.05, 0) is 30.3 Å². The average Bonchev–Trinajstić information content (AvgIpc) is 2.51. The zero-order valence-electron chi connectivity index (χ0n) is 12.0. The lowest BCUT2D eigenvalue weighted by Crippen LogP contribution is -2.30. The lowest BCUT2D eigenvalue weighted by atomic mass is 10.1. The van der Waals surface area contributed by atoms with Crippen LogP contribution in [0.2, 0.25) is 5.02 Å². The Morgan fingerprint density at radius 2 is 1.88 bits per heavy atom. The first-order chi connectivity index (χ1) is 11.6. The fourth-order valence-corrected chi connectivity index (χ4v) is 2.59. The van der Waals surface area contributed by atoms with Gasteiger partial charge in [0.1, 0.15) is 5.69 Å². The molecule has 0 bridgehead atoms. The molecule has 0 radical (unpaired) electrons. The second-order valence-electron chi connectivity index (χ2n) is 4.69. The van der Waals surface area contributed by atoms with Gasteiger partial charge in [0.05, 0.1) is 21.1 Å². The maximum Gasteiger partial charge on any atom is 0.416 e. The molecule has 25 heavy (non-hydrogen) atoms. The number of benzene rings is 2. The Balaban J connectivity index is 2.22. The van der Waals surface area contributed by atoms with Crippen LogP contribution in [0.3, 0.4) is 0 Å². The fraction of sp³-hybridized carbons (Fsp3) is 0.0714. The number of amides is 1. The SMILES string of the molecule is O=C(NNc1ccc(C(F)(F)F)cc1[N+](=O)[O-])c1ccc(Br)cc1Cl. The molecule has 2 aromatic carbocycles. The molecule has 0 atom stereocenters. The smallest absolute Gasteiger partial charge is 0.292 e. The molecule has 0 heterocycles. The van der Waals surface area contributed by atoms with Crippen LogP contribution in [-0.2, 0) is 6.18 Å². The molecule has 2 aromatic rings. The minimum Gasteiger partial charge on any atom is -0.292 e. The molecule has 11 heteroatoms. The van der Waals surface area contributed by atoms with Crippen molar-refractivity contribution in [1.82, 2.24) is 5.43 Å². The van der Waals surface area contributed by atoms with Crippen LogP contribution in [0.1, 0.15) is 15.9 Å². The topological polar surface area (TPSA) is 84.3 Å². The molecule has 0 saturated carbocycles. The molecular formula is C14H8BrClF3N3O3. The van der Waals surface area contributed by atoms with Crippen molar-refractivity contribution >= 4 is 44.8 Å². The predicted molar refractivity (Wildman–Crippen MR) is 88.3 cm³/mol. The summed E-state index contributed by atoms with van der Waals surface area (Å²) in [6.07, 6.45) is -4.72. The third-order valence-corrected chi connectivity index (χ3v) is 3.81. The Morgan fingerprint density at radius 1 is 1.20 bits per heavy atom. The normalized spacial score (nSPS) is 11.1. The van der Waals surface area contributed by atoms with Gasteiger partial charge in [-0.25, -0.2) is 0 Å². The lowest BCUT2D eigenvalue weighted by Gasteiger charge is -2.12. The number of hydrogen-bond donors (Lipinski definition) is 2. The molecule has 0 aliphatic heterocycles. The standard InChI is InChI=1S/C14H8BrClF3N3O3/c15-8-2-3-9(10(16)6-8)13(23)21-20-11-4-1-7(14(17,18)19)5-12(11)22(24)25/h1-6,20H,(H,21,23). The molecule has 0 aliphatic rings. The van der Waals surface area contributed by atoms with E-state index in [0.29, 0.717) is 16.6 Å². The molecule has 132 valence electrons. The van der Waals surface area contributed by atoms with Crippen molar-refractivity contribution in [3.8, 4) is 0 Å². The van der Waals surface area contributed by atoms with Crippen LogP contribution in [0, 0.1) is 10.1 Å². The van der Waals surface area contributed by atoms with Crippen LogP contribution in [0.15, 0.2) is 40.9 Å². The highest BCUT2D eigenvalue weighted by Gasteiger charge is 2.33. The fourth-order valence-electron chi connectivity index (χ4n) is 1.83. The Hall–Kier alpha value is -2.33. The van der Waals surface area contributed by atoms with Gasteiger partial charge in [0, 0.05) is 10.5 Å². The molecule has 0 aliphatic carbocycles. The molecular weight excluding hydrogens is 431 g/mol. The monoisotopic (exact) mass is 437 g/mol. The molecule has 2 N–H and O–H groups in total. The summed E-state index contributed by atoms with van der Waals surface area (Å²) in [7, 11) is 0. The second-order valence-corrected chi connectivity index (χ2v) is 6.01. The third kappa shape index (κ3) is 4.60. The Labute approximate surface area is 152 Å². The number of halogens is 5. The zero-order valence-corrected chi connectivity index (χ0v) is 14.4. The van der Waals surface area contributed by atoms with E-state index in [0.717, 1.165) is 6.07 Å². The molecule has 6 nitrogen and oxygen atoms in total. The van der Waals surface area contributed by atoms with E-state index < -0.39 is 28.3 Å². The number of hydrazine groups is 1. The summed E-state index contributed by atoms with van der Waals surface area (Å²) in [6, 6.07) is 6.32. The second kappa shape index (κ2) is 7.28. The quantitative estimate of drug-likeness (QED) is 0.531. The molecule has 0 saturated heterocycles. The molecule has 0 unspecified atom stereocenters. The molecule has 1 amide bonds. The van der Waals surface area contributed by atoms with E-state index in [9.17, 15) is 28.1 Å². The molecule has 0 aromatic heterocycles. The minimum atomic E-state index is -4.72. The maximum absolute atomic E-state index is 12.6. The number of anilines is 1. The predicted octanol–water partition coefficient (Wildman–Crippen LogP) is 4.79. The van der Waals surface area contributed by atoms with Gasteiger partial charge in [0.2, 0.25) is 0 Å². The summed E-state index contributed by atoms with van der Waals surface area (Å²) in [5.41, 5.74) is 2.15. The van der Waals surface area contributed by atoms with Crippen LogP contribution in [0.5, 0.6) is 0 Å². The summed E-state index contributed by atoms with van der Waals surface area (Å²) >= 11 is 9.08. The van der Waals surface area contributed by atoms with E-state index in [2.05, 4.69) is 26.8 Å². The third-order valence-electron chi connectivity index (χ3n) is 3.01. The van der Waals surface area contributed by atoms with E-state index in [4.69, 9.17) is 11.6 Å². The van der Waals surface area contributed by atoms with E-state index >= 15 is 0 Å². The zero-order chi connectivity index (χ0) is 18.8. The van der Waals surface area contributed by atoms with Crippen LogP contribution in [0.4, 0.5) is 24.5 Å². The number of alkyl halides is 3. The average molecular weight is 439 g/mol. The molecule has 2 rings (SSSR count). The van der Waals surface area contributed by atoms with Gasteiger partial charge in [-0.3, -0.25) is 25.8 Å². The highest BCUT2D eigenvalue weighted by atomic mass is 79.9. The van der Waals surface area contributed by atoms with Crippen LogP contribution in [-0.4, -0.2) is 10.8 Å². The van der Waals surface area contributed by atoms with E-state index in [1.807, 2.05) is 0 Å². The van der Waals surface area contributed by atoms with Crippen LogP contribution < -0.4 is 10.9 Å². The number of nitrogens with one attached hydrogen (secondary N) is 2. The van der Waals surface area contributed by atoms with Crippen molar-refractivity contribution in [2.75, 3.05) is 5.43 Å². The summed E-state index contributed by atoms with van der Waals surface area (Å²) in [5.74, 6) is -0.716. The van der Waals surface area contributed by atoms with Gasteiger partial charge in [0.15, 0.2) is 0 Å². The first-order valence-corrected chi connectivity index (χ1v) is 7.63. The van der Waals surface area contributed by atoms with Crippen molar-refractivity contribution in [2.45, 2.75) is 6.18 Å². The number of nitro benzene ring substituents is 1. The summed E-state index contributed by atoms with van der Waals surface area (Å²) in [6.45, 7) is 0. The number of hydrogen-bond acceptors (Lipinski definition) is 4. The van der Waals surface area contributed by atoms with Crippen molar-refractivity contribution in [3.05, 3.63) is 67.1 Å². The van der Waals surface area contributed by atoms with E-state index in [1.165, 1.54) is 12.1 Å². The summed E-state index contributed by atoms with van der Waals surface area (Å²) in [5, 5.41) is 11.1. The van der Waals surface area contributed by atoms with Gasteiger partial charge < -0.3 is 0 Å². The van der Waals surface area contributed by atoms with Gasteiger partial charge in [-0.2, -0.15) is 13.2 Å². The van der Waals surface area contributed by atoms with E-state index in [1.54, 1.807) is 6.07 Å². The Kier molecular flexibility index (Phi) is 5.53. The van der Waals surface area contributed by atoms with Crippen LogP contribution >= 0.6 is 27.5 Å². The van der Waals surface area contributed by atoms with Crippen molar-refractivity contribution in [2.24, 2.45) is 0 Å². The number of nitro groups is 1. The first-order valence-electron chi connectivity index (χ1n) is 6.46. The van der Waals surface area contributed by atoms with Crippen LogP contribution in [0.25, 0.3) is 0 Å². The van der Waals surface area contributed by atoms with Gasteiger partial charge >= 0.3 is 6.18 Å². The van der Waals surface area contributed by atoms with Gasteiger partial charge in [-0.1, -0.05) is 27.5 Å².